The molecule has 0 saturated carbocycles. The third-order valence-electron chi connectivity index (χ3n) is 9.68. The molecule has 2 aromatic heterocycles. The third-order valence-corrected chi connectivity index (χ3v) is 9.68. The highest BCUT2D eigenvalue weighted by Gasteiger charge is 2.24. The number of hydrogen-bond acceptors (Lipinski definition) is 3. The Morgan fingerprint density at radius 2 is 0.939 bits per heavy atom. The number of furan rings is 2. The second-order valence-electron chi connectivity index (χ2n) is 12.5. The van der Waals surface area contributed by atoms with Gasteiger partial charge in [-0.1, -0.05) is 140 Å². The molecule has 230 valence electrons. The third kappa shape index (κ3) is 4.37. The van der Waals surface area contributed by atoms with E-state index in [1.54, 1.807) is 0 Å². The molecule has 0 aliphatic rings. The summed E-state index contributed by atoms with van der Waals surface area (Å²) < 4.78 is 13.3. The summed E-state index contributed by atoms with van der Waals surface area (Å²) in [5.41, 5.74) is 11.0. The molecule has 0 fully saturated rings. The van der Waals surface area contributed by atoms with Gasteiger partial charge in [0.1, 0.15) is 16.7 Å². The first-order valence-electron chi connectivity index (χ1n) is 16.6. The molecule has 0 aliphatic carbocycles. The summed E-state index contributed by atoms with van der Waals surface area (Å²) in [5, 5.41) is 6.78. The van der Waals surface area contributed by atoms with Gasteiger partial charge >= 0.3 is 0 Å². The molecule has 0 saturated heterocycles. The van der Waals surface area contributed by atoms with Crippen molar-refractivity contribution >= 4 is 71.7 Å². The van der Waals surface area contributed by atoms with E-state index in [-0.39, 0.29) is 0 Å². The number of nitrogens with zero attached hydrogens (tertiary/aromatic N) is 1. The molecule has 0 spiro atoms. The van der Waals surface area contributed by atoms with E-state index in [0.29, 0.717) is 0 Å². The number of rotatable bonds is 5. The lowest BCUT2D eigenvalue weighted by atomic mass is 9.98. The van der Waals surface area contributed by atoms with Crippen molar-refractivity contribution in [1.29, 1.82) is 0 Å². The summed E-state index contributed by atoms with van der Waals surface area (Å²) in [7, 11) is 0. The van der Waals surface area contributed by atoms with E-state index in [4.69, 9.17) is 8.83 Å². The zero-order valence-corrected chi connectivity index (χ0v) is 26.5. The first-order valence-corrected chi connectivity index (χ1v) is 16.6. The minimum Gasteiger partial charge on any atom is -0.456 e. The minimum atomic E-state index is 0.837. The van der Waals surface area contributed by atoms with Crippen LogP contribution in [0, 0.1) is 0 Å². The normalized spacial score (nSPS) is 11.7. The monoisotopic (exact) mass is 627 g/mol. The van der Waals surface area contributed by atoms with Crippen molar-refractivity contribution < 1.29 is 8.83 Å². The van der Waals surface area contributed by atoms with Crippen LogP contribution in [-0.2, 0) is 0 Å². The van der Waals surface area contributed by atoms with E-state index in [2.05, 4.69) is 163 Å². The van der Waals surface area contributed by atoms with Crippen LogP contribution >= 0.6 is 0 Å². The summed E-state index contributed by atoms with van der Waals surface area (Å²) in [6.45, 7) is 0. The first-order chi connectivity index (χ1) is 24.3. The van der Waals surface area contributed by atoms with E-state index in [0.717, 1.165) is 72.1 Å². The standard InChI is InChI=1S/C46H29NO2/c1-2-12-31(13-3-1)36-19-9-20-37-38-21-10-23-41(46(38)49-45(36)37)47(40-22-11-25-43-44(40)39-17-6-7-24-42(39)48-43)33-28-26-32(27-29-33)35-18-8-15-30-14-4-5-16-34(30)35/h1-29H. The van der Waals surface area contributed by atoms with Gasteiger partial charge in [-0.05, 0) is 63.9 Å². The number of benzene rings is 8. The predicted octanol–water partition coefficient (Wildman–Crippen LogP) is 13.4. The highest BCUT2D eigenvalue weighted by molar-refractivity contribution is 6.17. The summed E-state index contributed by atoms with van der Waals surface area (Å²) in [5.74, 6) is 0. The fourth-order valence-electron chi connectivity index (χ4n) is 7.44. The molecule has 10 aromatic rings. The van der Waals surface area contributed by atoms with Gasteiger partial charge in [-0.15, -0.1) is 0 Å². The van der Waals surface area contributed by atoms with Crippen molar-refractivity contribution in [2.24, 2.45) is 0 Å². The molecule has 0 aliphatic heterocycles. The van der Waals surface area contributed by atoms with Crippen LogP contribution in [0.4, 0.5) is 17.1 Å². The predicted molar refractivity (Wildman–Crippen MR) is 204 cm³/mol. The van der Waals surface area contributed by atoms with Gasteiger partial charge in [0.25, 0.3) is 0 Å². The lowest BCUT2D eigenvalue weighted by Gasteiger charge is -2.26. The molecule has 8 aromatic carbocycles. The van der Waals surface area contributed by atoms with Crippen molar-refractivity contribution in [3.8, 4) is 22.3 Å². The Morgan fingerprint density at radius 1 is 0.347 bits per heavy atom. The molecule has 0 bridgehead atoms. The first kappa shape index (κ1) is 27.5. The Bertz CT molecular complexity index is 2820. The highest BCUT2D eigenvalue weighted by atomic mass is 16.3. The second-order valence-corrected chi connectivity index (χ2v) is 12.5. The summed E-state index contributed by atoms with van der Waals surface area (Å²) in [6, 6.07) is 61.9. The molecule has 3 heteroatoms. The van der Waals surface area contributed by atoms with Crippen molar-refractivity contribution in [1.82, 2.24) is 0 Å². The molecule has 2 heterocycles. The fourth-order valence-corrected chi connectivity index (χ4v) is 7.44. The Kier molecular flexibility index (Phi) is 6.18. The van der Waals surface area contributed by atoms with Crippen molar-refractivity contribution in [3.05, 3.63) is 176 Å². The quantitative estimate of drug-likeness (QED) is 0.190. The summed E-state index contributed by atoms with van der Waals surface area (Å²) in [6.07, 6.45) is 0. The highest BCUT2D eigenvalue weighted by Crippen LogP contribution is 2.47. The van der Waals surface area contributed by atoms with Gasteiger partial charge in [-0.2, -0.15) is 0 Å². The second kappa shape index (κ2) is 11.0. The molecule has 0 amide bonds. The van der Waals surface area contributed by atoms with Gasteiger partial charge in [0.15, 0.2) is 5.58 Å². The topological polar surface area (TPSA) is 29.5 Å². The number of anilines is 3. The summed E-state index contributed by atoms with van der Waals surface area (Å²) >= 11 is 0. The molecule has 3 nitrogen and oxygen atoms in total. The maximum Gasteiger partial charge on any atom is 0.159 e. The van der Waals surface area contributed by atoms with Gasteiger partial charge in [-0.25, -0.2) is 0 Å². The van der Waals surface area contributed by atoms with E-state index in [1.165, 1.54) is 21.9 Å². The number of para-hydroxylation sites is 3. The van der Waals surface area contributed by atoms with E-state index < -0.39 is 0 Å². The summed E-state index contributed by atoms with van der Waals surface area (Å²) in [4.78, 5) is 2.32. The lowest BCUT2D eigenvalue weighted by molar-refractivity contribution is 0.668. The lowest BCUT2D eigenvalue weighted by Crippen LogP contribution is -2.10. The van der Waals surface area contributed by atoms with Crippen LogP contribution < -0.4 is 4.90 Å². The fraction of sp³-hybridized carbons (Fsp3) is 0. The number of hydrogen-bond donors (Lipinski definition) is 0. The Morgan fingerprint density at radius 3 is 1.82 bits per heavy atom. The zero-order valence-electron chi connectivity index (χ0n) is 26.5. The maximum atomic E-state index is 6.95. The molecule has 0 atom stereocenters. The van der Waals surface area contributed by atoms with Gasteiger partial charge in [-0.3, -0.25) is 0 Å². The molecular formula is C46H29NO2. The van der Waals surface area contributed by atoms with E-state index >= 15 is 0 Å². The van der Waals surface area contributed by atoms with Gasteiger partial charge in [0, 0.05) is 27.4 Å². The SMILES string of the molecule is c1ccc(-c2cccc3c2oc2c(N(c4ccc(-c5cccc6ccccc56)cc4)c4cccc5oc6ccccc6c45)cccc23)cc1. The Labute approximate surface area is 282 Å². The average Bonchev–Trinajstić information content (AvgIpc) is 3.75. The van der Waals surface area contributed by atoms with Crippen LogP contribution in [0.5, 0.6) is 0 Å². The van der Waals surface area contributed by atoms with Gasteiger partial charge in [0.2, 0.25) is 0 Å². The maximum absolute atomic E-state index is 6.95. The Hall–Kier alpha value is -6.58. The molecule has 0 radical (unpaired) electrons. The Balaban J connectivity index is 1.23. The van der Waals surface area contributed by atoms with Crippen molar-refractivity contribution in [2.75, 3.05) is 4.90 Å². The van der Waals surface area contributed by atoms with Crippen molar-refractivity contribution in [2.45, 2.75) is 0 Å². The molecule has 0 N–H and O–H groups in total. The largest absolute Gasteiger partial charge is 0.456 e. The average molecular weight is 628 g/mol. The van der Waals surface area contributed by atoms with E-state index in [1.807, 2.05) is 18.2 Å². The smallest absolute Gasteiger partial charge is 0.159 e. The zero-order chi connectivity index (χ0) is 32.3. The van der Waals surface area contributed by atoms with Crippen LogP contribution in [-0.4, -0.2) is 0 Å². The molecule has 10 rings (SSSR count). The van der Waals surface area contributed by atoms with Crippen LogP contribution in [0.3, 0.4) is 0 Å². The van der Waals surface area contributed by atoms with Crippen LogP contribution in [0.2, 0.25) is 0 Å². The minimum absolute atomic E-state index is 0.837. The number of fused-ring (bicyclic) bond motifs is 7. The van der Waals surface area contributed by atoms with Crippen molar-refractivity contribution in [3.63, 3.8) is 0 Å². The van der Waals surface area contributed by atoms with Gasteiger partial charge < -0.3 is 13.7 Å². The van der Waals surface area contributed by atoms with Gasteiger partial charge in [0.05, 0.1) is 16.8 Å². The van der Waals surface area contributed by atoms with Crippen LogP contribution in [0.25, 0.3) is 76.9 Å². The molecule has 49 heavy (non-hydrogen) atoms. The molecular weight excluding hydrogens is 599 g/mol. The van der Waals surface area contributed by atoms with Crippen LogP contribution in [0.15, 0.2) is 185 Å². The van der Waals surface area contributed by atoms with Crippen LogP contribution in [0.1, 0.15) is 0 Å². The van der Waals surface area contributed by atoms with E-state index in [9.17, 15) is 0 Å². The molecule has 0 unspecified atom stereocenters.